The second-order valence-electron chi connectivity index (χ2n) is 6.95. The van der Waals surface area contributed by atoms with E-state index in [1.165, 1.54) is 0 Å². The maximum absolute atomic E-state index is 12.8. The molecule has 0 saturated carbocycles. The lowest BCUT2D eigenvalue weighted by molar-refractivity contribution is 0.0958. The molecule has 0 unspecified atom stereocenters. The summed E-state index contributed by atoms with van der Waals surface area (Å²) in [6.07, 6.45) is 8.73. The van der Waals surface area contributed by atoms with Crippen LogP contribution in [0.15, 0.2) is 78.7 Å². The van der Waals surface area contributed by atoms with E-state index in [4.69, 9.17) is 0 Å². The summed E-state index contributed by atoms with van der Waals surface area (Å²) in [6.45, 7) is 6.41. The Bertz CT molecular complexity index is 1020. The average Bonchev–Trinajstić information content (AvgIpc) is 3.16. The first-order valence-electron chi connectivity index (χ1n) is 9.88. The third-order valence-corrected chi connectivity index (χ3v) is 4.91. The van der Waals surface area contributed by atoms with Crippen molar-refractivity contribution in [3.8, 4) is 0 Å². The normalized spacial score (nSPS) is 13.6. The number of benzene rings is 1. The molecule has 1 aliphatic rings. The molecule has 0 spiro atoms. The Kier molecular flexibility index (Phi) is 6.80. The van der Waals surface area contributed by atoms with Gasteiger partial charge in [0, 0.05) is 31.2 Å². The van der Waals surface area contributed by atoms with Gasteiger partial charge in [-0.05, 0) is 66.8 Å². The van der Waals surface area contributed by atoms with Gasteiger partial charge in [-0.2, -0.15) is 0 Å². The molecule has 0 bridgehead atoms. The quantitative estimate of drug-likeness (QED) is 0.757. The Morgan fingerprint density at radius 2 is 2.03 bits per heavy atom. The number of anilines is 1. The van der Waals surface area contributed by atoms with E-state index in [2.05, 4.69) is 22.2 Å². The standard InChI is InChI=1S/C24H26N4O2/c1-4-7-22-19(5-2)11-13-28(22)24(30)27-20-9-6-8-17(15-20)14-18-10-12-26-21(16-18)23(29)25-3/h4-10,12,15-16H,2,11,13-14H2,1,3H3,(H,25,29)(H,27,30)/b7-4-. The molecule has 1 aromatic heterocycles. The van der Waals surface area contributed by atoms with Gasteiger partial charge >= 0.3 is 6.03 Å². The average molecular weight is 402 g/mol. The number of hydrogen-bond donors (Lipinski definition) is 2. The van der Waals surface area contributed by atoms with Crippen molar-refractivity contribution in [2.24, 2.45) is 0 Å². The monoisotopic (exact) mass is 402 g/mol. The summed E-state index contributed by atoms with van der Waals surface area (Å²) in [4.78, 5) is 30.5. The molecule has 6 heteroatoms. The Morgan fingerprint density at radius 3 is 2.77 bits per heavy atom. The third-order valence-electron chi connectivity index (χ3n) is 4.91. The predicted octanol–water partition coefficient (Wildman–Crippen LogP) is 4.29. The van der Waals surface area contributed by atoms with Crippen molar-refractivity contribution in [2.75, 3.05) is 18.9 Å². The number of aromatic nitrogens is 1. The molecule has 1 aliphatic heterocycles. The molecular formula is C24H26N4O2. The molecule has 2 N–H and O–H groups in total. The van der Waals surface area contributed by atoms with Gasteiger partial charge in [0.15, 0.2) is 0 Å². The molecular weight excluding hydrogens is 376 g/mol. The van der Waals surface area contributed by atoms with Crippen LogP contribution in [-0.4, -0.2) is 35.4 Å². The molecule has 1 aromatic carbocycles. The number of pyridine rings is 1. The summed E-state index contributed by atoms with van der Waals surface area (Å²) in [5.41, 5.74) is 5.07. The van der Waals surface area contributed by atoms with E-state index in [0.29, 0.717) is 18.7 Å². The van der Waals surface area contributed by atoms with Crippen LogP contribution in [0.25, 0.3) is 0 Å². The van der Waals surface area contributed by atoms with Gasteiger partial charge < -0.3 is 10.6 Å². The number of carbonyl (C=O) groups is 2. The molecule has 0 saturated heterocycles. The van der Waals surface area contributed by atoms with Crippen LogP contribution >= 0.6 is 0 Å². The highest BCUT2D eigenvalue weighted by Gasteiger charge is 2.24. The number of carbonyl (C=O) groups excluding carboxylic acids is 2. The van der Waals surface area contributed by atoms with Crippen LogP contribution in [0.5, 0.6) is 0 Å². The number of urea groups is 1. The Balaban J connectivity index is 1.73. The van der Waals surface area contributed by atoms with Crippen LogP contribution in [0.2, 0.25) is 0 Å². The zero-order chi connectivity index (χ0) is 21.5. The van der Waals surface area contributed by atoms with E-state index in [1.54, 1.807) is 24.2 Å². The van der Waals surface area contributed by atoms with Gasteiger partial charge in [0.2, 0.25) is 0 Å². The van der Waals surface area contributed by atoms with Gasteiger partial charge in [-0.25, -0.2) is 4.79 Å². The first-order chi connectivity index (χ1) is 14.5. The molecule has 154 valence electrons. The van der Waals surface area contributed by atoms with Crippen LogP contribution in [-0.2, 0) is 6.42 Å². The summed E-state index contributed by atoms with van der Waals surface area (Å²) in [5.74, 6) is -0.215. The van der Waals surface area contributed by atoms with E-state index in [0.717, 1.165) is 34.5 Å². The number of nitrogens with zero attached hydrogens (tertiary/aromatic N) is 2. The summed E-state index contributed by atoms with van der Waals surface area (Å²) in [7, 11) is 1.58. The third kappa shape index (κ3) is 4.84. The maximum Gasteiger partial charge on any atom is 0.326 e. The molecule has 3 amide bonds. The molecule has 0 atom stereocenters. The Morgan fingerprint density at radius 1 is 1.23 bits per heavy atom. The summed E-state index contributed by atoms with van der Waals surface area (Å²) in [6, 6.07) is 11.2. The minimum atomic E-state index is -0.215. The molecule has 6 nitrogen and oxygen atoms in total. The van der Waals surface area contributed by atoms with Crippen molar-refractivity contribution in [1.29, 1.82) is 0 Å². The highest BCUT2D eigenvalue weighted by Crippen LogP contribution is 2.26. The molecule has 3 rings (SSSR count). The van der Waals surface area contributed by atoms with Crippen LogP contribution in [0.1, 0.15) is 35.0 Å². The molecule has 30 heavy (non-hydrogen) atoms. The van der Waals surface area contributed by atoms with Gasteiger partial charge in [0.25, 0.3) is 5.91 Å². The first kappa shape index (κ1) is 21.0. The highest BCUT2D eigenvalue weighted by molar-refractivity contribution is 5.92. The predicted molar refractivity (Wildman–Crippen MR) is 119 cm³/mol. The van der Waals surface area contributed by atoms with Gasteiger partial charge in [0.1, 0.15) is 5.69 Å². The highest BCUT2D eigenvalue weighted by atomic mass is 16.2. The largest absolute Gasteiger partial charge is 0.354 e. The van der Waals surface area contributed by atoms with Crippen molar-refractivity contribution in [3.63, 3.8) is 0 Å². The molecule has 2 aromatic rings. The number of rotatable bonds is 6. The number of allylic oxidation sites excluding steroid dienone is 3. The summed E-state index contributed by atoms with van der Waals surface area (Å²) in [5, 5.41) is 5.57. The van der Waals surface area contributed by atoms with E-state index in [-0.39, 0.29) is 11.9 Å². The van der Waals surface area contributed by atoms with Gasteiger partial charge in [0.05, 0.1) is 0 Å². The van der Waals surface area contributed by atoms with Gasteiger partial charge in [-0.1, -0.05) is 30.9 Å². The minimum Gasteiger partial charge on any atom is -0.354 e. The van der Waals surface area contributed by atoms with E-state index >= 15 is 0 Å². The smallest absolute Gasteiger partial charge is 0.326 e. The number of amides is 3. The second kappa shape index (κ2) is 9.69. The minimum absolute atomic E-state index is 0.164. The fourth-order valence-corrected chi connectivity index (χ4v) is 3.45. The van der Waals surface area contributed by atoms with Crippen molar-refractivity contribution < 1.29 is 9.59 Å². The van der Waals surface area contributed by atoms with Crippen LogP contribution in [0.4, 0.5) is 10.5 Å². The maximum atomic E-state index is 12.8. The fraction of sp³-hybridized carbons (Fsp3) is 0.208. The molecule has 2 heterocycles. The molecule has 0 radical (unpaired) electrons. The van der Waals surface area contributed by atoms with Crippen LogP contribution in [0, 0.1) is 0 Å². The lowest BCUT2D eigenvalue weighted by Crippen LogP contribution is -2.31. The van der Waals surface area contributed by atoms with E-state index in [1.807, 2.05) is 55.5 Å². The zero-order valence-corrected chi connectivity index (χ0v) is 17.3. The van der Waals surface area contributed by atoms with Gasteiger partial charge in [-0.3, -0.25) is 14.7 Å². The lowest BCUT2D eigenvalue weighted by atomic mass is 10.0. The fourth-order valence-electron chi connectivity index (χ4n) is 3.45. The Hall–Kier alpha value is -3.67. The Labute approximate surface area is 177 Å². The van der Waals surface area contributed by atoms with E-state index < -0.39 is 0 Å². The summed E-state index contributed by atoms with van der Waals surface area (Å²) >= 11 is 0. The van der Waals surface area contributed by atoms with Crippen molar-refractivity contribution in [3.05, 3.63) is 95.5 Å². The SMILES string of the molecule is C=CC1=C(/C=C\C)N(C(=O)Nc2cccc(Cc3ccnc(C(=O)NC)c3)c2)CC1. The van der Waals surface area contributed by atoms with Crippen molar-refractivity contribution in [1.82, 2.24) is 15.2 Å². The topological polar surface area (TPSA) is 74.3 Å². The van der Waals surface area contributed by atoms with Gasteiger partial charge in [-0.15, -0.1) is 0 Å². The van der Waals surface area contributed by atoms with E-state index in [9.17, 15) is 9.59 Å². The zero-order valence-electron chi connectivity index (χ0n) is 17.3. The van der Waals surface area contributed by atoms with Crippen molar-refractivity contribution in [2.45, 2.75) is 19.8 Å². The molecule has 0 aliphatic carbocycles. The van der Waals surface area contributed by atoms with Crippen molar-refractivity contribution >= 4 is 17.6 Å². The second-order valence-corrected chi connectivity index (χ2v) is 6.95. The lowest BCUT2D eigenvalue weighted by Gasteiger charge is -2.19. The summed E-state index contributed by atoms with van der Waals surface area (Å²) < 4.78 is 0. The molecule has 0 fully saturated rings. The van der Waals surface area contributed by atoms with Crippen LogP contribution < -0.4 is 10.6 Å². The van der Waals surface area contributed by atoms with Crippen LogP contribution in [0.3, 0.4) is 0 Å². The first-order valence-corrected chi connectivity index (χ1v) is 9.88. The number of hydrogen-bond acceptors (Lipinski definition) is 3. The number of nitrogens with one attached hydrogen (secondary N) is 2.